The highest BCUT2D eigenvalue weighted by molar-refractivity contribution is 7.92. The highest BCUT2D eigenvalue weighted by Crippen LogP contribution is 2.32. The van der Waals surface area contributed by atoms with Crippen LogP contribution in [0.3, 0.4) is 0 Å². The van der Waals surface area contributed by atoms with E-state index in [1.807, 2.05) is 0 Å². The summed E-state index contributed by atoms with van der Waals surface area (Å²) >= 11 is 5.96. The number of methoxy groups -OCH3 is 1. The predicted molar refractivity (Wildman–Crippen MR) is 121 cm³/mol. The van der Waals surface area contributed by atoms with Crippen LogP contribution in [-0.2, 0) is 16.2 Å². The standard InChI is InChI=1S/C22H16ClF3N4O3S/c1-33-19-11-9-18(10-12-19)30-20(14-5-7-16(23)8-6-14)27-28-21(30)34(31,32)29-17-4-2-3-15(13-17)22(24,25)26/h2-13,29H,1H3. The summed E-state index contributed by atoms with van der Waals surface area (Å²) in [7, 11) is -2.96. The minimum absolute atomic E-state index is 0.186. The Bertz CT molecular complexity index is 1420. The maximum absolute atomic E-state index is 13.2. The summed E-state index contributed by atoms with van der Waals surface area (Å²) in [4.78, 5) is 0. The molecule has 1 aromatic heterocycles. The van der Waals surface area contributed by atoms with Crippen molar-refractivity contribution in [3.8, 4) is 22.8 Å². The zero-order valence-electron chi connectivity index (χ0n) is 17.4. The van der Waals surface area contributed by atoms with E-state index in [1.54, 1.807) is 48.5 Å². The van der Waals surface area contributed by atoms with Crippen molar-refractivity contribution in [3.63, 3.8) is 0 Å². The van der Waals surface area contributed by atoms with Crippen LogP contribution in [0.2, 0.25) is 5.02 Å². The number of sulfonamides is 1. The maximum atomic E-state index is 13.2. The SMILES string of the molecule is COc1ccc(-n2c(-c3ccc(Cl)cc3)nnc2S(=O)(=O)Nc2cccc(C(F)(F)F)c2)cc1. The van der Waals surface area contributed by atoms with Gasteiger partial charge in [-0.15, -0.1) is 10.2 Å². The van der Waals surface area contributed by atoms with Crippen LogP contribution < -0.4 is 9.46 Å². The Hall–Kier alpha value is -3.57. The molecule has 3 aromatic carbocycles. The lowest BCUT2D eigenvalue weighted by Crippen LogP contribution is -2.19. The molecule has 0 amide bonds. The third kappa shape index (κ3) is 4.85. The fourth-order valence-electron chi connectivity index (χ4n) is 3.15. The number of anilines is 1. The molecule has 4 aromatic rings. The van der Waals surface area contributed by atoms with Gasteiger partial charge in [-0.25, -0.2) is 0 Å². The second-order valence-corrected chi connectivity index (χ2v) is 9.04. The van der Waals surface area contributed by atoms with Crippen LogP contribution in [0, 0.1) is 0 Å². The zero-order chi connectivity index (χ0) is 24.5. The van der Waals surface area contributed by atoms with E-state index >= 15 is 0 Å². The molecule has 176 valence electrons. The number of ether oxygens (including phenoxy) is 1. The summed E-state index contributed by atoms with van der Waals surface area (Å²) in [5.74, 6) is 0.725. The average molecular weight is 509 g/mol. The van der Waals surface area contributed by atoms with E-state index in [9.17, 15) is 21.6 Å². The van der Waals surface area contributed by atoms with Crippen molar-refractivity contribution < 1.29 is 26.3 Å². The Morgan fingerprint density at radius 1 is 0.971 bits per heavy atom. The Morgan fingerprint density at radius 3 is 2.26 bits per heavy atom. The van der Waals surface area contributed by atoms with Gasteiger partial charge in [0.25, 0.3) is 15.2 Å². The van der Waals surface area contributed by atoms with Crippen LogP contribution in [0.4, 0.5) is 18.9 Å². The van der Waals surface area contributed by atoms with Crippen molar-refractivity contribution in [1.29, 1.82) is 0 Å². The van der Waals surface area contributed by atoms with Gasteiger partial charge in [0.05, 0.1) is 18.4 Å². The molecule has 1 N–H and O–H groups in total. The molecular formula is C22H16ClF3N4O3S. The Kier molecular flexibility index (Phi) is 6.24. The van der Waals surface area contributed by atoms with Crippen LogP contribution in [0.15, 0.2) is 78.0 Å². The van der Waals surface area contributed by atoms with Crippen LogP contribution in [0.1, 0.15) is 5.56 Å². The minimum atomic E-state index is -4.63. The van der Waals surface area contributed by atoms with Crippen molar-refractivity contribution in [2.75, 3.05) is 11.8 Å². The smallest absolute Gasteiger partial charge is 0.416 e. The van der Waals surface area contributed by atoms with E-state index in [-0.39, 0.29) is 11.5 Å². The largest absolute Gasteiger partial charge is 0.497 e. The molecule has 34 heavy (non-hydrogen) atoms. The summed E-state index contributed by atoms with van der Waals surface area (Å²) in [6, 6.07) is 16.8. The number of nitrogens with one attached hydrogen (secondary N) is 1. The molecule has 1 heterocycles. The number of nitrogens with zero attached hydrogens (tertiary/aromatic N) is 3. The second-order valence-electron chi connectivity index (χ2n) is 7.03. The molecule has 0 aliphatic rings. The first-order chi connectivity index (χ1) is 16.1. The quantitative estimate of drug-likeness (QED) is 0.376. The number of rotatable bonds is 6. The van der Waals surface area contributed by atoms with Gasteiger partial charge in [0, 0.05) is 16.3 Å². The molecule has 0 atom stereocenters. The van der Waals surface area contributed by atoms with Crippen molar-refractivity contribution in [3.05, 3.63) is 83.4 Å². The Morgan fingerprint density at radius 2 is 1.65 bits per heavy atom. The second kappa shape index (κ2) is 8.99. The van der Waals surface area contributed by atoms with Crippen molar-refractivity contribution in [2.24, 2.45) is 0 Å². The molecule has 12 heteroatoms. The fourth-order valence-corrected chi connectivity index (χ4v) is 4.39. The molecule has 0 radical (unpaired) electrons. The zero-order valence-corrected chi connectivity index (χ0v) is 19.0. The van der Waals surface area contributed by atoms with Gasteiger partial charge in [0.15, 0.2) is 5.82 Å². The van der Waals surface area contributed by atoms with Crippen LogP contribution >= 0.6 is 11.6 Å². The van der Waals surface area contributed by atoms with E-state index in [2.05, 4.69) is 14.9 Å². The Balaban J connectivity index is 1.83. The summed E-state index contributed by atoms with van der Waals surface area (Å²) in [6.07, 6.45) is -4.63. The normalized spacial score (nSPS) is 11.9. The summed E-state index contributed by atoms with van der Waals surface area (Å²) in [5, 5.41) is 7.84. The number of benzene rings is 3. The van der Waals surface area contributed by atoms with Crippen LogP contribution in [0.5, 0.6) is 5.75 Å². The molecule has 0 spiro atoms. The van der Waals surface area contributed by atoms with Gasteiger partial charge < -0.3 is 4.74 Å². The molecule has 0 bridgehead atoms. The number of hydrogen-bond donors (Lipinski definition) is 1. The van der Waals surface area contributed by atoms with Crippen molar-refractivity contribution >= 4 is 27.3 Å². The fraction of sp³-hybridized carbons (Fsp3) is 0.0909. The molecule has 0 aliphatic carbocycles. The summed E-state index contributed by atoms with van der Waals surface area (Å²) in [6.45, 7) is 0. The van der Waals surface area contributed by atoms with Crippen molar-refractivity contribution in [2.45, 2.75) is 11.3 Å². The molecule has 0 saturated heterocycles. The van der Waals surface area contributed by atoms with Gasteiger partial charge >= 0.3 is 6.18 Å². The van der Waals surface area contributed by atoms with Gasteiger partial charge in [0.2, 0.25) is 0 Å². The van der Waals surface area contributed by atoms with Gasteiger partial charge in [-0.2, -0.15) is 21.6 Å². The number of alkyl halides is 3. The highest BCUT2D eigenvalue weighted by atomic mass is 35.5. The van der Waals surface area contributed by atoms with Gasteiger partial charge in [-0.1, -0.05) is 17.7 Å². The van der Waals surface area contributed by atoms with E-state index < -0.39 is 26.9 Å². The lowest BCUT2D eigenvalue weighted by molar-refractivity contribution is -0.137. The van der Waals surface area contributed by atoms with Gasteiger partial charge in [-0.3, -0.25) is 9.29 Å². The molecule has 4 rings (SSSR count). The monoisotopic (exact) mass is 508 g/mol. The maximum Gasteiger partial charge on any atom is 0.416 e. The van der Waals surface area contributed by atoms with Gasteiger partial charge in [0.1, 0.15) is 5.75 Å². The third-order valence-corrected chi connectivity index (χ3v) is 6.25. The molecule has 7 nitrogen and oxygen atoms in total. The first-order valence-electron chi connectivity index (χ1n) is 9.64. The van der Waals surface area contributed by atoms with E-state index in [1.165, 1.54) is 17.7 Å². The lowest BCUT2D eigenvalue weighted by atomic mass is 10.2. The first-order valence-corrected chi connectivity index (χ1v) is 11.5. The third-order valence-electron chi connectivity index (χ3n) is 4.75. The lowest BCUT2D eigenvalue weighted by Gasteiger charge is -2.13. The number of halogens is 4. The molecule has 0 aliphatic heterocycles. The predicted octanol–water partition coefficient (Wildman–Crippen LogP) is 5.42. The average Bonchev–Trinajstić information content (AvgIpc) is 3.25. The van der Waals surface area contributed by atoms with Crippen molar-refractivity contribution in [1.82, 2.24) is 14.8 Å². The van der Waals surface area contributed by atoms with E-state index in [0.717, 1.165) is 12.1 Å². The number of aromatic nitrogens is 3. The van der Waals surface area contributed by atoms with E-state index in [0.29, 0.717) is 28.1 Å². The van der Waals surface area contributed by atoms with Crippen LogP contribution in [0.25, 0.3) is 17.1 Å². The summed E-state index contributed by atoms with van der Waals surface area (Å²) in [5.41, 5.74) is -0.355. The first kappa shape index (κ1) is 23.6. The highest BCUT2D eigenvalue weighted by Gasteiger charge is 2.32. The number of hydrogen-bond acceptors (Lipinski definition) is 5. The molecule has 0 unspecified atom stereocenters. The molecular weight excluding hydrogens is 493 g/mol. The summed E-state index contributed by atoms with van der Waals surface area (Å²) < 4.78 is 74.2. The minimum Gasteiger partial charge on any atom is -0.497 e. The van der Waals surface area contributed by atoms with Gasteiger partial charge in [-0.05, 0) is 66.7 Å². The Labute approximate surface area is 197 Å². The molecule has 0 saturated carbocycles. The topological polar surface area (TPSA) is 86.1 Å². The van der Waals surface area contributed by atoms with Crippen LogP contribution in [-0.4, -0.2) is 30.3 Å². The molecule has 0 fully saturated rings. The van der Waals surface area contributed by atoms with E-state index in [4.69, 9.17) is 16.3 Å².